The van der Waals surface area contributed by atoms with E-state index in [-0.39, 0.29) is 11.7 Å². The molecule has 3 aromatic rings. The monoisotopic (exact) mass is 397 g/mol. The number of benzene rings is 2. The Morgan fingerprint density at radius 2 is 2.18 bits per heavy atom. The van der Waals surface area contributed by atoms with Crippen LogP contribution in [0.2, 0.25) is 0 Å². The number of fused-ring (bicyclic) bond motifs is 2. The highest BCUT2D eigenvalue weighted by Crippen LogP contribution is 2.39. The van der Waals surface area contributed by atoms with Crippen molar-refractivity contribution in [2.24, 2.45) is 0 Å². The van der Waals surface area contributed by atoms with Crippen LogP contribution in [0, 0.1) is 0 Å². The van der Waals surface area contributed by atoms with Crippen molar-refractivity contribution in [3.8, 4) is 22.1 Å². The molecular weight excluding hydrogens is 374 g/mol. The lowest BCUT2D eigenvalue weighted by molar-refractivity contribution is -0.132. The molecular formula is C21H23N3O3S. The predicted molar refractivity (Wildman–Crippen MR) is 111 cm³/mol. The van der Waals surface area contributed by atoms with Crippen LogP contribution in [0.15, 0.2) is 36.4 Å². The highest BCUT2D eigenvalue weighted by atomic mass is 32.1. The minimum Gasteiger partial charge on any atom is -0.504 e. The molecule has 1 aliphatic rings. The SMILES string of the molecule is CCN(C)CC(=O)N1CCOc2c(O)cc(-c3nc4ccccc4s3)cc2C1. The zero-order valence-corrected chi connectivity index (χ0v) is 16.8. The third-order valence-electron chi connectivity index (χ3n) is 4.95. The van der Waals surface area contributed by atoms with Crippen LogP contribution in [0.5, 0.6) is 11.5 Å². The molecule has 2 aromatic carbocycles. The Balaban J connectivity index is 1.66. The number of nitrogens with zero attached hydrogens (tertiary/aromatic N) is 3. The first kappa shape index (κ1) is 18.7. The second-order valence-electron chi connectivity index (χ2n) is 6.96. The number of aromatic hydroxyl groups is 1. The van der Waals surface area contributed by atoms with Gasteiger partial charge in [-0.3, -0.25) is 9.69 Å². The minimum atomic E-state index is 0.0608. The number of rotatable bonds is 4. The number of amides is 1. The molecule has 1 aromatic heterocycles. The van der Waals surface area contributed by atoms with Crippen LogP contribution >= 0.6 is 11.3 Å². The van der Waals surface area contributed by atoms with Gasteiger partial charge in [0.2, 0.25) is 5.91 Å². The van der Waals surface area contributed by atoms with Gasteiger partial charge in [0.25, 0.3) is 0 Å². The van der Waals surface area contributed by atoms with Gasteiger partial charge in [-0.2, -0.15) is 0 Å². The smallest absolute Gasteiger partial charge is 0.237 e. The molecule has 0 fully saturated rings. The Morgan fingerprint density at radius 3 is 2.96 bits per heavy atom. The first-order valence-corrected chi connectivity index (χ1v) is 10.2. The fourth-order valence-corrected chi connectivity index (χ4v) is 4.23. The van der Waals surface area contributed by atoms with Crippen molar-refractivity contribution in [3.05, 3.63) is 42.0 Å². The third-order valence-corrected chi connectivity index (χ3v) is 6.04. The summed E-state index contributed by atoms with van der Waals surface area (Å²) in [6.07, 6.45) is 0. The van der Waals surface area contributed by atoms with Crippen LogP contribution in [0.25, 0.3) is 20.8 Å². The van der Waals surface area contributed by atoms with Crippen LogP contribution in [0.4, 0.5) is 0 Å². The normalized spacial score (nSPS) is 14.0. The second-order valence-corrected chi connectivity index (χ2v) is 8.00. The van der Waals surface area contributed by atoms with Gasteiger partial charge in [0, 0.05) is 17.7 Å². The van der Waals surface area contributed by atoms with E-state index < -0.39 is 0 Å². The van der Waals surface area contributed by atoms with E-state index >= 15 is 0 Å². The van der Waals surface area contributed by atoms with Crippen molar-refractivity contribution >= 4 is 27.5 Å². The van der Waals surface area contributed by atoms with Crippen LogP contribution in [0.1, 0.15) is 12.5 Å². The Hall–Kier alpha value is -2.64. The van der Waals surface area contributed by atoms with Crippen molar-refractivity contribution < 1.29 is 14.6 Å². The lowest BCUT2D eigenvalue weighted by Crippen LogP contribution is -2.39. The molecule has 2 heterocycles. The Kier molecular flexibility index (Phi) is 5.19. The van der Waals surface area contributed by atoms with Gasteiger partial charge in [0.15, 0.2) is 11.5 Å². The quantitative estimate of drug-likeness (QED) is 0.731. The van der Waals surface area contributed by atoms with Gasteiger partial charge in [-0.15, -0.1) is 11.3 Å². The summed E-state index contributed by atoms with van der Waals surface area (Å²) in [5.74, 6) is 0.612. The number of phenolic OH excluding ortho intramolecular Hbond substituents is 1. The zero-order chi connectivity index (χ0) is 19.7. The molecule has 0 saturated carbocycles. The van der Waals surface area contributed by atoms with Gasteiger partial charge in [0.1, 0.15) is 11.6 Å². The number of hydrogen-bond acceptors (Lipinski definition) is 6. The average Bonchev–Trinajstić information content (AvgIpc) is 3.00. The van der Waals surface area contributed by atoms with Crippen LogP contribution in [0.3, 0.4) is 0 Å². The molecule has 0 unspecified atom stereocenters. The van der Waals surface area contributed by atoms with Gasteiger partial charge in [0.05, 0.1) is 23.3 Å². The summed E-state index contributed by atoms with van der Waals surface area (Å²) in [6.45, 7) is 4.49. The molecule has 28 heavy (non-hydrogen) atoms. The largest absolute Gasteiger partial charge is 0.504 e. The maximum atomic E-state index is 12.6. The first-order valence-electron chi connectivity index (χ1n) is 9.36. The maximum Gasteiger partial charge on any atom is 0.237 e. The van der Waals surface area contributed by atoms with Crippen molar-refractivity contribution in [1.29, 1.82) is 0 Å². The molecule has 0 aliphatic carbocycles. The fourth-order valence-electron chi connectivity index (χ4n) is 3.27. The van der Waals surface area contributed by atoms with Crippen LogP contribution < -0.4 is 4.74 Å². The molecule has 4 rings (SSSR count). The summed E-state index contributed by atoms with van der Waals surface area (Å²) in [4.78, 5) is 21.1. The number of ether oxygens (including phenoxy) is 1. The zero-order valence-electron chi connectivity index (χ0n) is 16.0. The summed E-state index contributed by atoms with van der Waals surface area (Å²) in [5, 5.41) is 11.4. The van der Waals surface area contributed by atoms with Gasteiger partial charge < -0.3 is 14.7 Å². The molecule has 0 saturated heterocycles. The topological polar surface area (TPSA) is 65.9 Å². The summed E-state index contributed by atoms with van der Waals surface area (Å²) < 4.78 is 6.87. The number of likely N-dealkylation sites (N-methyl/N-ethyl adjacent to an activating group) is 1. The number of carbonyl (C=O) groups excluding carboxylic acids is 1. The maximum absolute atomic E-state index is 12.6. The average molecular weight is 398 g/mol. The molecule has 0 bridgehead atoms. The number of aromatic nitrogens is 1. The Labute approximate surface area is 168 Å². The second kappa shape index (κ2) is 7.77. The highest BCUT2D eigenvalue weighted by Gasteiger charge is 2.24. The van der Waals surface area contributed by atoms with E-state index in [1.54, 1.807) is 22.3 Å². The molecule has 1 amide bonds. The summed E-state index contributed by atoms with van der Waals surface area (Å²) in [6, 6.07) is 11.6. The van der Waals surface area contributed by atoms with Gasteiger partial charge in [-0.05, 0) is 37.9 Å². The molecule has 146 valence electrons. The number of phenols is 1. The van der Waals surface area contributed by atoms with E-state index in [1.807, 2.05) is 49.2 Å². The number of carbonyl (C=O) groups is 1. The van der Waals surface area contributed by atoms with E-state index in [0.29, 0.717) is 32.0 Å². The van der Waals surface area contributed by atoms with Crippen molar-refractivity contribution in [1.82, 2.24) is 14.8 Å². The predicted octanol–water partition coefficient (Wildman–Crippen LogP) is 3.34. The number of para-hydroxylation sites is 1. The van der Waals surface area contributed by atoms with Crippen molar-refractivity contribution in [2.45, 2.75) is 13.5 Å². The van der Waals surface area contributed by atoms with E-state index in [4.69, 9.17) is 4.74 Å². The number of thiazole rings is 1. The number of hydrogen-bond donors (Lipinski definition) is 1. The van der Waals surface area contributed by atoms with Crippen LogP contribution in [-0.4, -0.2) is 59.1 Å². The van der Waals surface area contributed by atoms with E-state index in [1.165, 1.54) is 0 Å². The summed E-state index contributed by atoms with van der Waals surface area (Å²) in [5.41, 5.74) is 2.58. The van der Waals surface area contributed by atoms with E-state index in [0.717, 1.165) is 32.9 Å². The van der Waals surface area contributed by atoms with Crippen molar-refractivity contribution in [2.75, 3.05) is 33.3 Å². The summed E-state index contributed by atoms with van der Waals surface area (Å²) >= 11 is 1.58. The molecule has 0 radical (unpaired) electrons. The fraction of sp³-hybridized carbons (Fsp3) is 0.333. The van der Waals surface area contributed by atoms with Crippen LogP contribution in [-0.2, 0) is 11.3 Å². The van der Waals surface area contributed by atoms with Crippen molar-refractivity contribution in [3.63, 3.8) is 0 Å². The molecule has 0 atom stereocenters. The van der Waals surface area contributed by atoms with Gasteiger partial charge in [-0.1, -0.05) is 19.1 Å². The highest BCUT2D eigenvalue weighted by molar-refractivity contribution is 7.21. The van der Waals surface area contributed by atoms with E-state index in [9.17, 15) is 9.90 Å². The third kappa shape index (κ3) is 3.68. The Bertz CT molecular complexity index is 984. The molecule has 1 N–H and O–H groups in total. The Morgan fingerprint density at radius 1 is 1.36 bits per heavy atom. The lowest BCUT2D eigenvalue weighted by atomic mass is 10.1. The first-order chi connectivity index (χ1) is 13.5. The standard InChI is InChI=1S/C21H23N3O3S/c1-3-23(2)13-19(26)24-8-9-27-20-15(12-24)10-14(11-17(20)25)21-22-16-6-4-5-7-18(16)28-21/h4-7,10-11,25H,3,8-9,12-13H2,1-2H3. The van der Waals surface area contributed by atoms with Gasteiger partial charge in [-0.25, -0.2) is 4.98 Å². The van der Waals surface area contributed by atoms with Gasteiger partial charge >= 0.3 is 0 Å². The van der Waals surface area contributed by atoms with E-state index in [2.05, 4.69) is 4.98 Å². The molecule has 6 nitrogen and oxygen atoms in total. The molecule has 7 heteroatoms. The molecule has 0 spiro atoms. The molecule has 1 aliphatic heterocycles. The minimum absolute atomic E-state index is 0.0608. The summed E-state index contributed by atoms with van der Waals surface area (Å²) in [7, 11) is 1.93. The lowest BCUT2D eigenvalue weighted by Gasteiger charge is -2.23.